The molecule has 0 radical (unpaired) electrons. The number of morpholine rings is 1. The normalized spacial score (nSPS) is 27.6. The number of nitrogens with zero attached hydrogens (tertiary/aromatic N) is 3. The van der Waals surface area contributed by atoms with Gasteiger partial charge in [0.25, 0.3) is 0 Å². The minimum Gasteiger partial charge on any atom is -0.463 e. The largest absolute Gasteiger partial charge is 0.463 e. The zero-order chi connectivity index (χ0) is 34.3. The van der Waals surface area contributed by atoms with Crippen LogP contribution in [0, 0.1) is 11.8 Å². The van der Waals surface area contributed by atoms with Gasteiger partial charge < -0.3 is 34.4 Å². The number of likely N-dealkylation sites (tertiary alicyclic amines) is 1. The molecule has 262 valence electrons. The Morgan fingerprint density at radius 3 is 2.60 bits per heavy atom. The molecule has 0 unspecified atom stereocenters. The monoisotopic (exact) mass is 666 g/mol. The maximum absolute atomic E-state index is 14.6. The molecule has 2 bridgehead atoms. The molecule has 12 nitrogen and oxygen atoms in total. The van der Waals surface area contributed by atoms with E-state index >= 15 is 0 Å². The molecule has 0 aromatic heterocycles. The van der Waals surface area contributed by atoms with E-state index in [1.807, 2.05) is 37.3 Å². The van der Waals surface area contributed by atoms with Crippen molar-refractivity contribution >= 4 is 23.7 Å². The fourth-order valence-corrected chi connectivity index (χ4v) is 7.83. The highest BCUT2D eigenvalue weighted by molar-refractivity contribution is 5.99. The van der Waals surface area contributed by atoms with Gasteiger partial charge in [-0.15, -0.1) is 13.2 Å². The molecule has 3 amide bonds. The van der Waals surface area contributed by atoms with Crippen LogP contribution in [0.4, 0.5) is 0 Å². The van der Waals surface area contributed by atoms with Crippen molar-refractivity contribution in [1.82, 2.24) is 20.0 Å². The van der Waals surface area contributed by atoms with E-state index in [-0.39, 0.29) is 38.0 Å². The molecule has 1 aromatic rings. The first-order chi connectivity index (χ1) is 23.3. The number of amides is 3. The molecule has 4 aliphatic heterocycles. The molecule has 2 N–H and O–H groups in total. The summed E-state index contributed by atoms with van der Waals surface area (Å²) in [6, 6.07) is 6.96. The number of carbonyl (C=O) groups excluding carboxylic acids is 4. The molecular formula is C36H50N4O8. The summed E-state index contributed by atoms with van der Waals surface area (Å²) >= 11 is 0. The summed E-state index contributed by atoms with van der Waals surface area (Å²) in [6.45, 7) is 13.2. The molecule has 4 heterocycles. The van der Waals surface area contributed by atoms with Gasteiger partial charge in [0.1, 0.15) is 18.2 Å². The SMILES string of the molecule is C=CCCC(=O)OC[C@@H](NC(=O)[C@@H]1[C@H]2C(=O)N([C@@H](CC)CO)[C@H](C(=O)N(CC=C)CCN3CCOCC3)[C@]23CC[C@H]1O3)c1ccccc1. The van der Waals surface area contributed by atoms with Crippen LogP contribution in [0.15, 0.2) is 55.6 Å². The van der Waals surface area contributed by atoms with Crippen LogP contribution >= 0.6 is 0 Å². The lowest BCUT2D eigenvalue weighted by Gasteiger charge is -2.39. The van der Waals surface area contributed by atoms with E-state index in [9.17, 15) is 24.3 Å². The molecular weight excluding hydrogens is 616 g/mol. The van der Waals surface area contributed by atoms with E-state index in [0.717, 1.165) is 18.7 Å². The van der Waals surface area contributed by atoms with Gasteiger partial charge in [0.15, 0.2) is 0 Å². The summed E-state index contributed by atoms with van der Waals surface area (Å²) < 4.78 is 17.6. The molecule has 4 aliphatic rings. The van der Waals surface area contributed by atoms with Gasteiger partial charge in [-0.1, -0.05) is 49.4 Å². The van der Waals surface area contributed by atoms with Crippen LogP contribution in [0.1, 0.15) is 50.6 Å². The Labute approximate surface area is 283 Å². The molecule has 7 atom stereocenters. The molecule has 1 aromatic carbocycles. The topological polar surface area (TPSA) is 138 Å². The van der Waals surface area contributed by atoms with Crippen LogP contribution in [0.5, 0.6) is 0 Å². The second-order valence-corrected chi connectivity index (χ2v) is 13.1. The first-order valence-corrected chi connectivity index (χ1v) is 17.2. The maximum Gasteiger partial charge on any atom is 0.306 e. The maximum atomic E-state index is 14.6. The Kier molecular flexibility index (Phi) is 12.1. The summed E-state index contributed by atoms with van der Waals surface area (Å²) in [5, 5.41) is 13.5. The third-order valence-electron chi connectivity index (χ3n) is 10.3. The minimum absolute atomic E-state index is 0.0803. The molecule has 4 saturated heterocycles. The summed E-state index contributed by atoms with van der Waals surface area (Å²) in [4.78, 5) is 61.1. The number of hydrogen-bond donors (Lipinski definition) is 2. The molecule has 0 aliphatic carbocycles. The van der Waals surface area contributed by atoms with E-state index in [1.54, 1.807) is 17.1 Å². The second kappa shape index (κ2) is 16.2. The van der Waals surface area contributed by atoms with E-state index in [0.29, 0.717) is 52.0 Å². The average Bonchev–Trinajstić information content (AvgIpc) is 3.76. The van der Waals surface area contributed by atoms with Crippen LogP contribution in [-0.4, -0.2) is 126 Å². The number of aliphatic hydroxyl groups excluding tert-OH is 1. The molecule has 5 rings (SSSR count). The van der Waals surface area contributed by atoms with Gasteiger partial charge in [-0.2, -0.15) is 0 Å². The Morgan fingerprint density at radius 2 is 1.94 bits per heavy atom. The van der Waals surface area contributed by atoms with Gasteiger partial charge in [-0.25, -0.2) is 0 Å². The van der Waals surface area contributed by atoms with E-state index in [2.05, 4.69) is 23.4 Å². The highest BCUT2D eigenvalue weighted by atomic mass is 16.5. The lowest BCUT2D eigenvalue weighted by molar-refractivity contribution is -0.151. The number of allylic oxidation sites excluding steroid dienone is 1. The summed E-state index contributed by atoms with van der Waals surface area (Å²) in [5.74, 6) is -3.16. The van der Waals surface area contributed by atoms with Crippen molar-refractivity contribution < 1.29 is 38.5 Å². The van der Waals surface area contributed by atoms with Crippen molar-refractivity contribution in [2.75, 3.05) is 59.2 Å². The highest BCUT2D eigenvalue weighted by Gasteiger charge is 2.75. The Bertz CT molecular complexity index is 1320. The first-order valence-electron chi connectivity index (χ1n) is 17.2. The lowest BCUT2D eigenvalue weighted by Crippen LogP contribution is -2.59. The predicted octanol–water partition coefficient (Wildman–Crippen LogP) is 1.85. The quantitative estimate of drug-likeness (QED) is 0.189. The average molecular weight is 667 g/mol. The number of hydrogen-bond acceptors (Lipinski definition) is 9. The van der Waals surface area contributed by atoms with E-state index < -0.39 is 53.5 Å². The summed E-state index contributed by atoms with van der Waals surface area (Å²) in [7, 11) is 0. The number of carbonyl (C=O) groups is 4. The minimum atomic E-state index is -1.21. The predicted molar refractivity (Wildman–Crippen MR) is 177 cm³/mol. The van der Waals surface area contributed by atoms with Gasteiger partial charge in [-0.05, 0) is 31.2 Å². The van der Waals surface area contributed by atoms with Crippen LogP contribution in [0.25, 0.3) is 0 Å². The van der Waals surface area contributed by atoms with Crippen LogP contribution in [0.3, 0.4) is 0 Å². The van der Waals surface area contributed by atoms with Crippen molar-refractivity contribution in [3.05, 3.63) is 61.2 Å². The number of rotatable bonds is 17. The third kappa shape index (κ3) is 7.22. The van der Waals surface area contributed by atoms with Gasteiger partial charge >= 0.3 is 5.97 Å². The number of nitrogens with one attached hydrogen (secondary N) is 1. The van der Waals surface area contributed by atoms with Gasteiger partial charge in [0.2, 0.25) is 17.7 Å². The zero-order valence-corrected chi connectivity index (χ0v) is 28.0. The van der Waals surface area contributed by atoms with Gasteiger partial charge in [-0.3, -0.25) is 24.1 Å². The highest BCUT2D eigenvalue weighted by Crippen LogP contribution is 2.59. The Balaban J connectivity index is 1.41. The molecule has 0 saturated carbocycles. The van der Waals surface area contributed by atoms with E-state index in [4.69, 9.17) is 14.2 Å². The number of fused-ring (bicyclic) bond motifs is 1. The fraction of sp³-hybridized carbons (Fsp3) is 0.611. The van der Waals surface area contributed by atoms with Gasteiger partial charge in [0.05, 0.1) is 49.8 Å². The number of esters is 1. The van der Waals surface area contributed by atoms with Crippen LogP contribution in [0.2, 0.25) is 0 Å². The smallest absolute Gasteiger partial charge is 0.306 e. The van der Waals surface area contributed by atoms with Gasteiger partial charge in [0, 0.05) is 39.1 Å². The second-order valence-electron chi connectivity index (χ2n) is 13.1. The van der Waals surface area contributed by atoms with Crippen molar-refractivity contribution in [2.45, 2.75) is 68.9 Å². The van der Waals surface area contributed by atoms with Crippen LogP contribution < -0.4 is 5.32 Å². The molecule has 48 heavy (non-hydrogen) atoms. The van der Waals surface area contributed by atoms with Crippen molar-refractivity contribution in [3.63, 3.8) is 0 Å². The van der Waals surface area contributed by atoms with Crippen molar-refractivity contribution in [1.29, 1.82) is 0 Å². The summed E-state index contributed by atoms with van der Waals surface area (Å²) in [5.41, 5.74) is -0.457. The number of ether oxygens (including phenoxy) is 3. The van der Waals surface area contributed by atoms with Crippen molar-refractivity contribution in [3.8, 4) is 0 Å². The lowest BCUT2D eigenvalue weighted by atomic mass is 9.70. The van der Waals surface area contributed by atoms with E-state index in [1.165, 1.54) is 4.90 Å². The third-order valence-corrected chi connectivity index (χ3v) is 10.3. The Hall–Kier alpha value is -3.58. The molecule has 1 spiro atoms. The van der Waals surface area contributed by atoms with Crippen LogP contribution in [-0.2, 0) is 33.4 Å². The Morgan fingerprint density at radius 1 is 1.19 bits per heavy atom. The summed E-state index contributed by atoms with van der Waals surface area (Å²) in [6.07, 6.45) is 4.81. The molecule has 12 heteroatoms. The first kappa shape index (κ1) is 35.7. The zero-order valence-electron chi connectivity index (χ0n) is 28.0. The molecule has 4 fully saturated rings. The number of benzene rings is 1. The van der Waals surface area contributed by atoms with Crippen molar-refractivity contribution in [2.24, 2.45) is 11.8 Å². The fourth-order valence-electron chi connectivity index (χ4n) is 7.83. The number of aliphatic hydroxyl groups is 1. The standard InChI is InChI=1S/C36H50N4O8/c1-4-7-13-29(42)47-24-27(25-11-9-8-10-12-25)37-33(43)30-28-14-15-36(48-28)31(30)34(44)40(26(6-3)23-41)32(36)35(45)39(16-5-2)18-17-38-19-21-46-22-20-38/h4-5,8-12,26-28,30-32,41H,1-2,6-7,13-24H2,3H3,(H,37,43)/t26-,27+,28+,30-,31-,32+,36-/m0/s1.